The van der Waals surface area contributed by atoms with E-state index in [0.29, 0.717) is 5.13 Å². The van der Waals surface area contributed by atoms with Gasteiger partial charge in [-0.3, -0.25) is 4.79 Å². The number of benzene rings is 1. The van der Waals surface area contributed by atoms with E-state index in [1.54, 1.807) is 5.38 Å². The molecule has 1 atom stereocenters. The summed E-state index contributed by atoms with van der Waals surface area (Å²) in [6, 6.07) is 4.35. The molecule has 2 aromatic rings. The molecule has 1 heterocycles. The zero-order chi connectivity index (χ0) is 14.8. The van der Waals surface area contributed by atoms with Crippen molar-refractivity contribution >= 4 is 32.2 Å². The van der Waals surface area contributed by atoms with E-state index in [2.05, 4.69) is 10.3 Å². The predicted octanol–water partition coefficient (Wildman–Crippen LogP) is 2.08. The van der Waals surface area contributed by atoms with Crippen LogP contribution in [-0.2, 0) is 14.6 Å². The van der Waals surface area contributed by atoms with Gasteiger partial charge < -0.3 is 5.32 Å². The molecule has 0 bridgehead atoms. The summed E-state index contributed by atoms with van der Waals surface area (Å²) in [5, 5.41) is 3.12. The number of carbonyl (C=O) groups excluding carboxylic acids is 1. The van der Waals surface area contributed by atoms with Gasteiger partial charge in [0.25, 0.3) is 0 Å². The van der Waals surface area contributed by atoms with Crippen LogP contribution in [0, 0.1) is 5.82 Å². The lowest BCUT2D eigenvalue weighted by atomic mass is 10.3. The van der Waals surface area contributed by atoms with Gasteiger partial charge in [-0.25, -0.2) is 17.8 Å². The first-order valence-corrected chi connectivity index (χ1v) is 8.03. The van der Waals surface area contributed by atoms with Crippen LogP contribution in [0.5, 0.6) is 0 Å². The van der Waals surface area contributed by atoms with Gasteiger partial charge in [0, 0.05) is 11.6 Å². The monoisotopic (exact) mass is 314 g/mol. The molecule has 5 nitrogen and oxygen atoms in total. The number of hydrogen-bond donors (Lipinski definition) is 1. The highest BCUT2D eigenvalue weighted by atomic mass is 32.2. The Bertz CT molecular complexity index is 697. The summed E-state index contributed by atoms with van der Waals surface area (Å²) < 4.78 is 37.2. The van der Waals surface area contributed by atoms with Gasteiger partial charge >= 0.3 is 0 Å². The second-order valence-electron chi connectivity index (χ2n) is 3.97. The minimum Gasteiger partial charge on any atom is -0.301 e. The van der Waals surface area contributed by atoms with Crippen LogP contribution >= 0.6 is 11.3 Å². The van der Waals surface area contributed by atoms with Crippen molar-refractivity contribution in [2.24, 2.45) is 0 Å². The average Bonchev–Trinajstić information content (AvgIpc) is 2.91. The van der Waals surface area contributed by atoms with E-state index in [1.165, 1.54) is 24.5 Å². The van der Waals surface area contributed by atoms with Gasteiger partial charge in [0.15, 0.2) is 15.0 Å². The fraction of sp³-hybridized carbons (Fsp3) is 0.167. The number of halogens is 1. The minimum absolute atomic E-state index is 0.0966. The van der Waals surface area contributed by atoms with E-state index < -0.39 is 26.8 Å². The lowest BCUT2D eigenvalue weighted by molar-refractivity contribution is -0.115. The predicted molar refractivity (Wildman–Crippen MR) is 73.8 cm³/mol. The maximum absolute atomic E-state index is 12.8. The van der Waals surface area contributed by atoms with Gasteiger partial charge in [-0.1, -0.05) is 0 Å². The van der Waals surface area contributed by atoms with Crippen molar-refractivity contribution in [3.8, 4) is 0 Å². The SMILES string of the molecule is C[C@H](C(=O)Nc1nccs1)S(=O)(=O)c1ccc(F)cc1. The van der Waals surface area contributed by atoms with Crippen LogP contribution < -0.4 is 5.32 Å². The molecule has 0 aliphatic heterocycles. The highest BCUT2D eigenvalue weighted by molar-refractivity contribution is 7.92. The van der Waals surface area contributed by atoms with Gasteiger partial charge in [-0.15, -0.1) is 11.3 Å². The number of anilines is 1. The first-order chi connectivity index (χ1) is 9.41. The molecule has 0 unspecified atom stereocenters. The molecule has 8 heteroatoms. The molecule has 0 saturated heterocycles. The number of aromatic nitrogens is 1. The number of sulfone groups is 1. The third kappa shape index (κ3) is 3.02. The highest BCUT2D eigenvalue weighted by Crippen LogP contribution is 2.18. The van der Waals surface area contributed by atoms with E-state index in [9.17, 15) is 17.6 Å². The molecule has 0 aliphatic rings. The fourth-order valence-corrected chi connectivity index (χ4v) is 3.26. The normalized spacial score (nSPS) is 12.9. The number of rotatable bonds is 4. The van der Waals surface area contributed by atoms with Crippen LogP contribution in [0.2, 0.25) is 0 Å². The van der Waals surface area contributed by atoms with Crippen LogP contribution in [-0.4, -0.2) is 24.6 Å². The molecular formula is C12H11FN2O3S2. The Morgan fingerprint density at radius 3 is 2.55 bits per heavy atom. The quantitative estimate of drug-likeness (QED) is 0.877. The second kappa shape index (κ2) is 5.68. The second-order valence-corrected chi connectivity index (χ2v) is 7.13. The molecule has 1 amide bonds. The summed E-state index contributed by atoms with van der Waals surface area (Å²) in [4.78, 5) is 15.7. The average molecular weight is 314 g/mol. The van der Waals surface area contributed by atoms with Crippen molar-refractivity contribution in [2.75, 3.05) is 5.32 Å². The van der Waals surface area contributed by atoms with Crippen molar-refractivity contribution in [3.05, 3.63) is 41.7 Å². The number of thiazole rings is 1. The lowest BCUT2D eigenvalue weighted by Crippen LogP contribution is -2.32. The molecule has 1 aromatic heterocycles. The molecule has 0 fully saturated rings. The summed E-state index contributed by atoms with van der Waals surface area (Å²) in [5.74, 6) is -1.21. The Balaban J connectivity index is 2.20. The van der Waals surface area contributed by atoms with Crippen molar-refractivity contribution in [1.82, 2.24) is 4.98 Å². The number of nitrogens with zero attached hydrogens (tertiary/aromatic N) is 1. The van der Waals surface area contributed by atoms with Crippen LogP contribution in [0.4, 0.5) is 9.52 Å². The molecule has 20 heavy (non-hydrogen) atoms. The Hall–Kier alpha value is -1.80. The molecule has 106 valence electrons. The number of carbonyl (C=O) groups is 1. The molecule has 0 radical (unpaired) electrons. The van der Waals surface area contributed by atoms with Crippen molar-refractivity contribution in [2.45, 2.75) is 17.1 Å². The molecule has 2 rings (SSSR count). The van der Waals surface area contributed by atoms with E-state index >= 15 is 0 Å². The van der Waals surface area contributed by atoms with Gasteiger partial charge in [-0.2, -0.15) is 0 Å². The largest absolute Gasteiger partial charge is 0.301 e. The Kier molecular flexibility index (Phi) is 4.15. The first kappa shape index (κ1) is 14.6. The number of nitrogens with one attached hydrogen (secondary N) is 1. The van der Waals surface area contributed by atoms with Gasteiger partial charge in [-0.05, 0) is 31.2 Å². The third-order valence-corrected chi connectivity index (χ3v) is 5.40. The van der Waals surface area contributed by atoms with Crippen molar-refractivity contribution in [1.29, 1.82) is 0 Å². The summed E-state index contributed by atoms with van der Waals surface area (Å²) in [5.41, 5.74) is 0. The van der Waals surface area contributed by atoms with E-state index in [0.717, 1.165) is 24.3 Å². The van der Waals surface area contributed by atoms with Crippen molar-refractivity contribution in [3.63, 3.8) is 0 Å². The highest BCUT2D eigenvalue weighted by Gasteiger charge is 2.30. The van der Waals surface area contributed by atoms with Crippen LogP contribution in [0.1, 0.15) is 6.92 Å². The maximum Gasteiger partial charge on any atom is 0.244 e. The van der Waals surface area contributed by atoms with E-state index in [4.69, 9.17) is 0 Å². The van der Waals surface area contributed by atoms with Gasteiger partial charge in [0.2, 0.25) is 5.91 Å². The Morgan fingerprint density at radius 1 is 1.35 bits per heavy atom. The minimum atomic E-state index is -3.86. The molecule has 0 aliphatic carbocycles. The molecular weight excluding hydrogens is 303 g/mol. The van der Waals surface area contributed by atoms with E-state index in [1.807, 2.05) is 0 Å². The van der Waals surface area contributed by atoms with E-state index in [-0.39, 0.29) is 4.90 Å². The zero-order valence-corrected chi connectivity index (χ0v) is 12.0. The Labute approximate surface area is 119 Å². The first-order valence-electron chi connectivity index (χ1n) is 5.61. The maximum atomic E-state index is 12.8. The standard InChI is InChI=1S/C12H11FN2O3S2/c1-8(11(16)15-12-14-6-7-19-12)20(17,18)10-4-2-9(13)3-5-10/h2-8H,1H3,(H,14,15,16)/t8-/m1/s1. The van der Waals surface area contributed by atoms with Gasteiger partial charge in [0.05, 0.1) is 4.90 Å². The summed E-state index contributed by atoms with van der Waals surface area (Å²) in [7, 11) is -3.86. The van der Waals surface area contributed by atoms with Crippen LogP contribution in [0.15, 0.2) is 40.7 Å². The summed E-state index contributed by atoms with van der Waals surface area (Å²) >= 11 is 1.19. The van der Waals surface area contributed by atoms with Crippen LogP contribution in [0.25, 0.3) is 0 Å². The third-order valence-electron chi connectivity index (χ3n) is 2.64. The molecule has 0 saturated carbocycles. The zero-order valence-electron chi connectivity index (χ0n) is 10.4. The topological polar surface area (TPSA) is 76.1 Å². The lowest BCUT2D eigenvalue weighted by Gasteiger charge is -2.12. The molecule has 1 N–H and O–H groups in total. The van der Waals surface area contributed by atoms with Crippen LogP contribution in [0.3, 0.4) is 0 Å². The number of amides is 1. The summed E-state index contributed by atoms with van der Waals surface area (Å²) in [6.45, 7) is 1.28. The smallest absolute Gasteiger partial charge is 0.244 e. The Morgan fingerprint density at radius 2 is 2.00 bits per heavy atom. The number of hydrogen-bond acceptors (Lipinski definition) is 5. The van der Waals surface area contributed by atoms with Gasteiger partial charge in [0.1, 0.15) is 11.1 Å². The van der Waals surface area contributed by atoms with Crippen molar-refractivity contribution < 1.29 is 17.6 Å². The molecule has 0 spiro atoms. The molecule has 1 aromatic carbocycles. The fourth-order valence-electron chi connectivity index (χ4n) is 1.46. The summed E-state index contributed by atoms with van der Waals surface area (Å²) in [6.07, 6.45) is 1.50.